The number of ether oxygens (including phenoxy) is 1. The topological polar surface area (TPSA) is 38.3 Å². The molecule has 1 N–H and O–H groups in total. The minimum absolute atomic E-state index is 0. The van der Waals surface area contributed by atoms with Gasteiger partial charge in [-0.2, -0.15) is 0 Å². The Kier molecular flexibility index (Phi) is 8.21. The Balaban J connectivity index is 0. The number of benzene rings is 1. The van der Waals surface area contributed by atoms with Crippen molar-refractivity contribution in [2.24, 2.45) is 0 Å². The molecule has 81 valence electrons. The van der Waals surface area contributed by atoms with E-state index in [1.54, 1.807) is 0 Å². The van der Waals surface area contributed by atoms with Crippen molar-refractivity contribution >= 4 is 13.5 Å². The second-order valence-corrected chi connectivity index (χ2v) is 2.71. The van der Waals surface area contributed by atoms with Gasteiger partial charge in [-0.05, 0) is 18.2 Å². The van der Waals surface area contributed by atoms with Crippen molar-refractivity contribution < 1.29 is 71.0 Å². The average molecular weight is 252 g/mol. The quantitative estimate of drug-likeness (QED) is 0.644. The maximum absolute atomic E-state index is 12.8. The van der Waals surface area contributed by atoms with Crippen LogP contribution < -0.4 is 61.4 Å². The number of amides is 1. The van der Waals surface area contributed by atoms with E-state index < -0.39 is 11.7 Å². The fourth-order valence-corrected chi connectivity index (χ4v) is 1.08. The summed E-state index contributed by atoms with van der Waals surface area (Å²) in [7, 11) is 1.66. The maximum Gasteiger partial charge on any atom is 1.00 e. The molecule has 0 spiro atoms. The molecule has 0 aromatic heterocycles. The largest absolute Gasteiger partial charge is 1.00 e. The summed E-state index contributed by atoms with van der Waals surface area (Å²) in [5, 5.41) is 2.23. The molecular formula is C9H10BF2KNO2. The van der Waals surface area contributed by atoms with Crippen LogP contribution in [0.2, 0.25) is 0 Å². The number of carbonyl (C=O) groups is 1. The van der Waals surface area contributed by atoms with E-state index in [1.807, 2.05) is 0 Å². The zero-order valence-corrected chi connectivity index (χ0v) is 12.2. The molecule has 0 saturated carbocycles. The smallest absolute Gasteiger partial charge is 1.00 e. The molecule has 3 nitrogen and oxygen atoms in total. The summed E-state index contributed by atoms with van der Waals surface area (Å²) in [5.74, 6) is -0.891. The Morgan fingerprint density at radius 1 is 1.62 bits per heavy atom. The van der Waals surface area contributed by atoms with Gasteiger partial charge in [-0.25, -0.2) is 4.39 Å². The van der Waals surface area contributed by atoms with Gasteiger partial charge < -0.3 is 15.8 Å². The Morgan fingerprint density at radius 3 is 2.88 bits per heavy atom. The molecule has 0 aliphatic rings. The van der Waals surface area contributed by atoms with Crippen LogP contribution in [-0.4, -0.2) is 27.0 Å². The van der Waals surface area contributed by atoms with Crippen LogP contribution in [-0.2, 0) is 0 Å². The molecular weight excluding hydrogens is 242 g/mol. The Bertz CT molecular complexity index is 371. The Morgan fingerprint density at radius 2 is 2.31 bits per heavy atom. The van der Waals surface area contributed by atoms with Crippen LogP contribution >= 0.6 is 0 Å². The van der Waals surface area contributed by atoms with Gasteiger partial charge in [0.05, 0.1) is 12.7 Å². The van der Waals surface area contributed by atoms with E-state index in [4.69, 9.17) is 4.74 Å². The van der Waals surface area contributed by atoms with E-state index >= 15 is 0 Å². The van der Waals surface area contributed by atoms with E-state index in [9.17, 15) is 13.5 Å². The van der Waals surface area contributed by atoms with Gasteiger partial charge >= 0.3 is 58.9 Å². The Labute approximate surface area is 137 Å². The fraction of sp³-hybridized carbons (Fsp3) is 0.222. The first-order valence-electron chi connectivity index (χ1n) is 4.22. The second-order valence-electron chi connectivity index (χ2n) is 2.71. The monoisotopic (exact) mass is 252 g/mol. The molecule has 0 unspecified atom stereocenters. The summed E-state index contributed by atoms with van der Waals surface area (Å²) in [6, 6.07) is 3.55. The van der Waals surface area contributed by atoms with Gasteiger partial charge in [0.1, 0.15) is 11.6 Å². The van der Waals surface area contributed by atoms with E-state index in [1.165, 1.54) is 19.2 Å². The van der Waals surface area contributed by atoms with E-state index in [0.29, 0.717) is 7.56 Å². The van der Waals surface area contributed by atoms with Gasteiger partial charge in [0.25, 0.3) is 5.91 Å². The third-order valence-corrected chi connectivity index (χ3v) is 1.75. The van der Waals surface area contributed by atoms with Crippen LogP contribution in [0.5, 0.6) is 5.75 Å². The third-order valence-electron chi connectivity index (χ3n) is 1.75. The molecule has 0 aliphatic carbocycles. The molecule has 0 fully saturated rings. The summed E-state index contributed by atoms with van der Waals surface area (Å²) < 4.78 is 29.4. The van der Waals surface area contributed by atoms with Crippen LogP contribution in [0.3, 0.4) is 0 Å². The zero-order valence-electron chi connectivity index (χ0n) is 10.1. The summed E-state index contributed by atoms with van der Waals surface area (Å²) in [5.41, 5.74) is 0.0411. The van der Waals surface area contributed by atoms with Crippen LogP contribution in [0.15, 0.2) is 18.2 Å². The molecule has 1 aromatic carbocycles. The zero-order chi connectivity index (χ0) is 11.3. The van der Waals surface area contributed by atoms with E-state index in [-0.39, 0.29) is 70.6 Å². The van der Waals surface area contributed by atoms with Gasteiger partial charge in [-0.15, -0.1) is 0 Å². The van der Waals surface area contributed by atoms with Crippen molar-refractivity contribution in [1.82, 2.24) is 5.32 Å². The molecule has 16 heavy (non-hydrogen) atoms. The number of rotatable bonds is 4. The minimum atomic E-state index is -0.583. The first kappa shape index (κ1) is 16.1. The summed E-state index contributed by atoms with van der Waals surface area (Å²) in [6.45, 7) is 0. The van der Waals surface area contributed by atoms with Crippen molar-refractivity contribution in [2.45, 2.75) is 0 Å². The molecule has 1 radical (unpaired) electrons. The number of methoxy groups -OCH3 is 1. The van der Waals surface area contributed by atoms with Crippen molar-refractivity contribution in [3.8, 4) is 5.75 Å². The summed E-state index contributed by atoms with van der Waals surface area (Å²) in [6.07, 6.45) is -0.224. The normalized spacial score (nSPS) is 8.94. The van der Waals surface area contributed by atoms with Crippen LogP contribution in [0.1, 0.15) is 11.8 Å². The van der Waals surface area contributed by atoms with Crippen LogP contribution in [0, 0.1) is 5.82 Å². The first-order chi connectivity index (χ1) is 7.19. The Hall–Kier alpha value is 0.0513. The van der Waals surface area contributed by atoms with Crippen molar-refractivity contribution in [3.05, 3.63) is 29.6 Å². The fourth-order valence-electron chi connectivity index (χ4n) is 1.08. The van der Waals surface area contributed by atoms with Gasteiger partial charge in [-0.1, -0.05) is 0 Å². The third kappa shape index (κ3) is 4.50. The molecule has 0 atom stereocenters. The minimum Gasteiger partial charge on any atom is -1.00 e. The summed E-state index contributed by atoms with van der Waals surface area (Å²) in [4.78, 5) is 11.4. The molecule has 0 aliphatic heterocycles. The molecule has 7 heteroatoms. The average Bonchev–Trinajstić information content (AvgIpc) is 2.25. The van der Waals surface area contributed by atoms with E-state index in [0.717, 1.165) is 6.07 Å². The van der Waals surface area contributed by atoms with E-state index in [2.05, 4.69) is 5.32 Å². The van der Waals surface area contributed by atoms with Crippen molar-refractivity contribution in [2.75, 3.05) is 13.6 Å². The van der Waals surface area contributed by atoms with Gasteiger partial charge in [0, 0.05) is 6.44 Å². The number of nitrogens with one attached hydrogen (secondary N) is 1. The van der Waals surface area contributed by atoms with Crippen LogP contribution in [0.4, 0.5) is 8.71 Å². The molecule has 0 heterocycles. The van der Waals surface area contributed by atoms with Crippen molar-refractivity contribution in [3.63, 3.8) is 0 Å². The number of carbonyl (C=O) groups excluding carboxylic acids is 1. The first-order valence-corrected chi connectivity index (χ1v) is 4.22. The van der Waals surface area contributed by atoms with Gasteiger partial charge in [-0.3, -0.25) is 4.79 Å². The van der Waals surface area contributed by atoms with Gasteiger partial charge in [0.15, 0.2) is 0 Å². The molecule has 1 aromatic rings. The van der Waals surface area contributed by atoms with Gasteiger partial charge in [0.2, 0.25) is 0 Å². The van der Waals surface area contributed by atoms with Crippen LogP contribution in [0.25, 0.3) is 0 Å². The number of hydrogen-bond acceptors (Lipinski definition) is 2. The maximum atomic E-state index is 12.8. The predicted octanol–water partition coefficient (Wildman–Crippen LogP) is -1.77. The number of hydrogen-bond donors (Lipinski definition) is 1. The predicted molar refractivity (Wildman–Crippen MR) is 53.3 cm³/mol. The standard InChI is InChI=1S/C9H9BF2NO2.K.H/c1-15-8-3-2-6(11)4-7(8)9(14)13-5-10-12;;/h2-4H,5H2,1H3,(H,13,14);;/q;+1;-1. The molecule has 1 rings (SSSR count). The number of halogens is 2. The molecule has 1 amide bonds. The molecule has 0 bridgehead atoms. The SMILES string of the molecule is COc1ccc(F)cc1C(=O)NC[B]F.[H-].[K+]. The second kappa shape index (κ2) is 8.19. The molecule has 0 saturated heterocycles. The summed E-state index contributed by atoms with van der Waals surface area (Å²) >= 11 is 0. The van der Waals surface area contributed by atoms with Crippen molar-refractivity contribution in [1.29, 1.82) is 0 Å².